The van der Waals surface area contributed by atoms with Crippen LogP contribution < -0.4 is 4.90 Å². The fourth-order valence-electron chi connectivity index (χ4n) is 4.01. The summed E-state index contributed by atoms with van der Waals surface area (Å²) in [6, 6.07) is 4.05. The number of likely N-dealkylation sites (tertiary alicyclic amines) is 1. The van der Waals surface area contributed by atoms with E-state index in [1.165, 1.54) is 0 Å². The van der Waals surface area contributed by atoms with Gasteiger partial charge in [-0.1, -0.05) is 0 Å². The smallest absolute Gasteiger partial charge is 0.223 e. The summed E-state index contributed by atoms with van der Waals surface area (Å²) in [7, 11) is 2.07. The predicted octanol–water partition coefficient (Wildman–Crippen LogP) is 1.40. The molecule has 0 radical (unpaired) electrons. The highest BCUT2D eigenvalue weighted by atomic mass is 16.2. The Balaban J connectivity index is 1.35. The van der Waals surface area contributed by atoms with Crippen molar-refractivity contribution in [2.75, 3.05) is 31.6 Å². The number of amides is 1. The monoisotopic (exact) mass is 324 g/mol. The lowest BCUT2D eigenvalue weighted by molar-refractivity contribution is -0.130. The van der Waals surface area contributed by atoms with Crippen molar-refractivity contribution < 1.29 is 4.79 Å². The summed E-state index contributed by atoms with van der Waals surface area (Å²) in [6.07, 6.45) is 4.14. The van der Waals surface area contributed by atoms with Crippen molar-refractivity contribution >= 4 is 22.8 Å². The van der Waals surface area contributed by atoms with E-state index in [4.69, 9.17) is 5.26 Å². The van der Waals surface area contributed by atoms with E-state index < -0.39 is 0 Å². The van der Waals surface area contributed by atoms with E-state index in [0.717, 1.165) is 36.5 Å². The van der Waals surface area contributed by atoms with Gasteiger partial charge in [0.15, 0.2) is 0 Å². The quantitative estimate of drug-likeness (QED) is 0.898. The highest BCUT2D eigenvalue weighted by molar-refractivity contribution is 5.87. The van der Waals surface area contributed by atoms with Crippen molar-refractivity contribution in [1.82, 2.24) is 19.9 Å². The van der Waals surface area contributed by atoms with Gasteiger partial charge in [0, 0.05) is 45.7 Å². The Morgan fingerprint density at radius 1 is 1.46 bits per heavy atom. The van der Waals surface area contributed by atoms with Crippen molar-refractivity contribution in [2.24, 2.45) is 17.8 Å². The van der Waals surface area contributed by atoms with E-state index in [1.54, 1.807) is 6.33 Å². The molecule has 2 aliphatic rings. The van der Waals surface area contributed by atoms with Crippen LogP contribution in [0.1, 0.15) is 12.8 Å². The van der Waals surface area contributed by atoms with Crippen LogP contribution >= 0.6 is 0 Å². The number of rotatable bonds is 5. The third-order valence-electron chi connectivity index (χ3n) is 5.35. The standard InChI is InChI=1S/C17H20N6O/c1-22(17-11-4-6-19-16(11)20-10-21-17)7-12-13-8-23(9-14(12)13)15(24)3-2-5-18/h4,6,10,12-14H,2-3,7-9H2,1H3,(H,19,20,21)/t12-,13-,14+. The molecule has 0 spiro atoms. The number of hydrogen-bond donors (Lipinski definition) is 1. The first-order valence-corrected chi connectivity index (χ1v) is 8.33. The lowest BCUT2D eigenvalue weighted by Crippen LogP contribution is -2.33. The Kier molecular flexibility index (Phi) is 3.60. The molecule has 2 aromatic rings. The number of nitrogens with one attached hydrogen (secondary N) is 1. The number of fused-ring (bicyclic) bond motifs is 2. The molecule has 4 rings (SSSR count). The van der Waals surface area contributed by atoms with E-state index in [2.05, 4.69) is 26.9 Å². The van der Waals surface area contributed by atoms with E-state index >= 15 is 0 Å². The summed E-state index contributed by atoms with van der Waals surface area (Å²) in [4.78, 5) is 27.9. The number of nitriles is 1. The maximum absolute atomic E-state index is 12.0. The molecule has 1 saturated heterocycles. The van der Waals surface area contributed by atoms with Crippen LogP contribution in [0.2, 0.25) is 0 Å². The molecule has 1 N–H and O–H groups in total. The van der Waals surface area contributed by atoms with Crippen LogP contribution in [0.5, 0.6) is 0 Å². The van der Waals surface area contributed by atoms with Crippen LogP contribution in [0, 0.1) is 29.1 Å². The van der Waals surface area contributed by atoms with Gasteiger partial charge < -0.3 is 14.8 Å². The third-order valence-corrected chi connectivity index (χ3v) is 5.35. The minimum atomic E-state index is 0.126. The first-order chi connectivity index (χ1) is 11.7. The van der Waals surface area contributed by atoms with Crippen LogP contribution in [0.15, 0.2) is 18.6 Å². The average molecular weight is 324 g/mol. The molecule has 3 atom stereocenters. The number of aromatic nitrogens is 3. The molecule has 7 heteroatoms. The van der Waals surface area contributed by atoms with Crippen molar-refractivity contribution in [2.45, 2.75) is 12.8 Å². The number of carbonyl (C=O) groups is 1. The van der Waals surface area contributed by atoms with Gasteiger partial charge in [-0.25, -0.2) is 9.97 Å². The fraction of sp³-hybridized carbons (Fsp3) is 0.529. The first kappa shape index (κ1) is 14.9. The molecule has 0 aromatic carbocycles. The van der Waals surface area contributed by atoms with Gasteiger partial charge in [-0.3, -0.25) is 4.79 Å². The number of H-pyrrole nitrogens is 1. The zero-order valence-corrected chi connectivity index (χ0v) is 13.6. The van der Waals surface area contributed by atoms with Crippen LogP contribution in [0.25, 0.3) is 11.0 Å². The molecule has 124 valence electrons. The zero-order valence-electron chi connectivity index (χ0n) is 13.6. The van der Waals surface area contributed by atoms with Gasteiger partial charge in [-0.05, 0) is 23.8 Å². The van der Waals surface area contributed by atoms with Gasteiger partial charge in [0.25, 0.3) is 0 Å². The summed E-state index contributed by atoms with van der Waals surface area (Å²) in [5.74, 6) is 2.90. The van der Waals surface area contributed by atoms with E-state index in [0.29, 0.717) is 30.6 Å². The first-order valence-electron chi connectivity index (χ1n) is 8.33. The second-order valence-electron chi connectivity index (χ2n) is 6.77. The lowest BCUT2D eigenvalue weighted by atomic mass is 10.2. The molecule has 2 aromatic heterocycles. The molecule has 3 heterocycles. The molecule has 1 aliphatic carbocycles. The van der Waals surface area contributed by atoms with Gasteiger partial charge in [-0.2, -0.15) is 5.26 Å². The van der Waals surface area contributed by atoms with Crippen molar-refractivity contribution in [3.8, 4) is 6.07 Å². The molecule has 2 fully saturated rings. The second kappa shape index (κ2) is 5.78. The summed E-state index contributed by atoms with van der Waals surface area (Å²) < 4.78 is 0. The molecule has 24 heavy (non-hydrogen) atoms. The fourth-order valence-corrected chi connectivity index (χ4v) is 4.01. The highest BCUT2D eigenvalue weighted by Gasteiger charge is 2.56. The van der Waals surface area contributed by atoms with E-state index in [1.807, 2.05) is 23.2 Å². The van der Waals surface area contributed by atoms with Crippen molar-refractivity contribution in [3.05, 3.63) is 18.6 Å². The normalized spacial score (nSPS) is 24.7. The summed E-state index contributed by atoms with van der Waals surface area (Å²) in [5.41, 5.74) is 0.858. The minimum Gasteiger partial charge on any atom is -0.359 e. The highest BCUT2D eigenvalue weighted by Crippen LogP contribution is 2.52. The Labute approximate surface area is 140 Å². The average Bonchev–Trinajstić information content (AvgIpc) is 3.02. The number of anilines is 1. The van der Waals surface area contributed by atoms with Crippen LogP contribution in [0.3, 0.4) is 0 Å². The van der Waals surface area contributed by atoms with Crippen LogP contribution in [0.4, 0.5) is 5.82 Å². The number of aromatic amines is 1. The van der Waals surface area contributed by atoms with E-state index in [9.17, 15) is 4.79 Å². The summed E-state index contributed by atoms with van der Waals surface area (Å²) >= 11 is 0. The number of nitrogens with zero attached hydrogens (tertiary/aromatic N) is 5. The molecule has 1 aliphatic heterocycles. The van der Waals surface area contributed by atoms with Crippen LogP contribution in [-0.2, 0) is 4.79 Å². The molecule has 1 saturated carbocycles. The molecule has 7 nitrogen and oxygen atoms in total. The largest absolute Gasteiger partial charge is 0.359 e. The Morgan fingerprint density at radius 2 is 2.25 bits per heavy atom. The maximum Gasteiger partial charge on any atom is 0.223 e. The molecule has 0 unspecified atom stereocenters. The SMILES string of the molecule is CN(C[C@H]1[C@@H]2CN(C(=O)CCC#N)C[C@@H]21)c1ncnc2[nH]ccc12. The van der Waals surface area contributed by atoms with Gasteiger partial charge in [0.05, 0.1) is 11.5 Å². The molecular weight excluding hydrogens is 304 g/mol. The van der Waals surface area contributed by atoms with Crippen LogP contribution in [-0.4, -0.2) is 52.4 Å². The molecule has 1 amide bonds. The Hall–Kier alpha value is -2.62. The molecule has 0 bridgehead atoms. The lowest BCUT2D eigenvalue weighted by Gasteiger charge is -2.23. The van der Waals surface area contributed by atoms with Gasteiger partial charge >= 0.3 is 0 Å². The Morgan fingerprint density at radius 3 is 3.00 bits per heavy atom. The zero-order chi connectivity index (χ0) is 16.7. The van der Waals surface area contributed by atoms with Gasteiger partial charge in [0.2, 0.25) is 5.91 Å². The summed E-state index contributed by atoms with van der Waals surface area (Å²) in [5, 5.41) is 9.63. The number of carbonyl (C=O) groups excluding carboxylic acids is 1. The number of piperidine rings is 1. The Bertz CT molecular complexity index is 797. The third kappa shape index (κ3) is 2.48. The summed E-state index contributed by atoms with van der Waals surface area (Å²) in [6.45, 7) is 2.64. The minimum absolute atomic E-state index is 0.126. The van der Waals surface area contributed by atoms with Gasteiger partial charge in [0.1, 0.15) is 17.8 Å². The van der Waals surface area contributed by atoms with E-state index in [-0.39, 0.29) is 5.91 Å². The maximum atomic E-state index is 12.0. The van der Waals surface area contributed by atoms with Crippen molar-refractivity contribution in [1.29, 1.82) is 5.26 Å². The van der Waals surface area contributed by atoms with Gasteiger partial charge in [-0.15, -0.1) is 0 Å². The topological polar surface area (TPSA) is 88.9 Å². The number of hydrogen-bond acceptors (Lipinski definition) is 5. The van der Waals surface area contributed by atoms with Crippen molar-refractivity contribution in [3.63, 3.8) is 0 Å². The second-order valence-corrected chi connectivity index (χ2v) is 6.77. The predicted molar refractivity (Wildman–Crippen MR) is 89.1 cm³/mol. The molecular formula is C17H20N6O.